The minimum absolute atomic E-state index is 0.00724. The first-order valence-corrected chi connectivity index (χ1v) is 37.4. The topological polar surface area (TPSA) is 442 Å². The van der Waals surface area contributed by atoms with Gasteiger partial charge in [0.15, 0.2) is 18.0 Å². The van der Waals surface area contributed by atoms with Gasteiger partial charge in [0.1, 0.15) is 65.7 Å². The van der Waals surface area contributed by atoms with Crippen molar-refractivity contribution in [2.75, 3.05) is 18.4 Å². The standard InChI is InChI=1S/C75H107N11O20/c1-32(2)21-49-55(91)28-45(38(13)87)67(97)84-53(65(95)80-58(35(7)8)72(102)106-61(37(11)12)70(100)86-52(64(94)77-49)27-44(90)31-76-86)29-74(103)46-23-40(15-16-42(46)25-56(74)84)41-17-18-48-47(24-41)75(104)30-54-66(96)81-57(34(5)6)71(101)105-60(36(9)10)69(99)83-20-19-43(89)26-51(83)63(93)78-50(22-33(3)4)62(92)82-59(39(14)88)68(98)85(54)73(75)79-48/h15-18,23-24,32-39,43-45,49-54,56-61,73,76,79,87-90,103-104H,19-22,25-31H2,1-14H3,(H,77,94)(H,78,93)(H,80,95)(H,81,96)(H,82,92)/t38-,39+,43+,44+,45+,49-,50+,51-,52+,53-,54+,56+,57-,58+,59-,60+,61-,73+,74+,75-/m1/s1. The summed E-state index contributed by atoms with van der Waals surface area (Å²) < 4.78 is 12.0. The number of fused-ring (bicyclic) bond motifs is 12. The third kappa shape index (κ3) is 15.8. The number of Topliss-reactive ketones (excluding diaryl/α,β-unsaturated/α-hetero) is 1. The number of β-amino-alcohol motifs (C(OH)–C–C–N with tert-alkyl or cyclic N) is 1. The molecule has 31 heteroatoms. The normalized spacial score (nSPS) is 33.9. The molecule has 20 atom stereocenters. The highest BCUT2D eigenvalue weighted by Crippen LogP contribution is 2.53. The molecule has 0 spiro atoms. The van der Waals surface area contributed by atoms with Gasteiger partial charge in [0.2, 0.25) is 41.4 Å². The molecule has 13 N–H and O–H groups in total. The van der Waals surface area contributed by atoms with Crippen molar-refractivity contribution in [2.45, 2.75) is 269 Å². The van der Waals surface area contributed by atoms with Crippen molar-refractivity contribution in [3.63, 3.8) is 0 Å². The zero-order valence-electron chi connectivity index (χ0n) is 62.8. The van der Waals surface area contributed by atoms with Gasteiger partial charge in [-0.1, -0.05) is 101 Å². The van der Waals surface area contributed by atoms with Crippen LogP contribution in [0.5, 0.6) is 0 Å². The number of amides is 9. The molecule has 10 rings (SSSR count). The van der Waals surface area contributed by atoms with E-state index in [9.17, 15) is 69.0 Å². The van der Waals surface area contributed by atoms with Gasteiger partial charge in [0.25, 0.3) is 11.8 Å². The molecule has 2 aromatic carbocycles. The predicted octanol–water partition coefficient (Wildman–Crippen LogP) is -0.247. The summed E-state index contributed by atoms with van der Waals surface area (Å²) in [5, 5.41) is 89.4. The zero-order valence-corrected chi connectivity index (χ0v) is 62.8. The fourth-order valence-corrected chi connectivity index (χ4v) is 16.4. The number of nitrogens with zero attached hydrogens (tertiary/aromatic N) is 4. The van der Waals surface area contributed by atoms with Crippen molar-refractivity contribution in [1.82, 2.24) is 51.7 Å². The van der Waals surface area contributed by atoms with Gasteiger partial charge in [-0.3, -0.25) is 53.0 Å². The number of carbonyl (C=O) groups excluding carboxylic acids is 12. The molecular formula is C75H107N11O20. The van der Waals surface area contributed by atoms with E-state index in [4.69, 9.17) is 9.47 Å². The molecule has 9 amide bonds. The number of carbonyl (C=O) groups is 12. The molecule has 7 heterocycles. The van der Waals surface area contributed by atoms with Crippen LogP contribution in [0.4, 0.5) is 5.69 Å². The fraction of sp³-hybridized carbons (Fsp3) is 0.680. The summed E-state index contributed by atoms with van der Waals surface area (Å²) in [5.41, 5.74) is 0.601. The van der Waals surface area contributed by atoms with Crippen LogP contribution in [0.15, 0.2) is 36.4 Å². The highest BCUT2D eigenvalue weighted by Gasteiger charge is 2.64. The van der Waals surface area contributed by atoms with E-state index >= 15 is 19.2 Å². The number of esters is 2. The molecule has 0 unspecified atom stereocenters. The second kappa shape index (κ2) is 31.6. The third-order valence-electron chi connectivity index (χ3n) is 22.3. The van der Waals surface area contributed by atoms with Crippen LogP contribution < -0.4 is 37.3 Å². The first kappa shape index (κ1) is 80.3. The molecule has 7 aliphatic heterocycles. The van der Waals surface area contributed by atoms with Crippen LogP contribution in [0.2, 0.25) is 0 Å². The van der Waals surface area contributed by atoms with E-state index in [1.54, 1.807) is 119 Å². The second-order valence-corrected chi connectivity index (χ2v) is 32.7. The van der Waals surface area contributed by atoms with Gasteiger partial charge in [-0.2, -0.15) is 0 Å². The Balaban J connectivity index is 1.01. The number of hydrogen-bond donors (Lipinski definition) is 13. The van der Waals surface area contributed by atoms with Crippen LogP contribution in [0.1, 0.15) is 165 Å². The molecule has 0 aromatic heterocycles. The number of piperidine rings is 1. The Labute approximate surface area is 616 Å². The molecule has 582 valence electrons. The number of benzene rings is 2. The second-order valence-electron chi connectivity index (χ2n) is 32.7. The summed E-state index contributed by atoms with van der Waals surface area (Å²) in [4.78, 5) is 182. The average molecular weight is 1480 g/mol. The lowest BCUT2D eigenvalue weighted by molar-refractivity contribution is -0.172. The number of hydrogen-bond acceptors (Lipinski definition) is 22. The van der Waals surface area contributed by atoms with Crippen LogP contribution >= 0.6 is 0 Å². The Bertz CT molecular complexity index is 3530. The SMILES string of the molecule is CC(C)C[C@@H]1NC(=O)[C@H]2C[C@@H](O)CCN2C(=O)[C@H](C(C)C)OC(=O)[C@@H](C(C)C)NC(=O)[C@@H]2C[C@@]3(O)c4cc(-c5ccc6c(c5)[C@@]5(O)C[C@@H]7C(=O)N[C@@H](C(C)C)C(=O)O[C@H](C(C)C)C(=O)N8NC[C@@H](O)C[C@H]8C(=O)N[C@H](CC(C)C)C(=O)C[C@@H]([C@@H](C)O)C(=O)N7[C@H]5C6)ccc4N[C@H]3N2C(=O)[C@@H]([C@H](C)O)NC1=O. The quantitative estimate of drug-likeness (QED) is 0.129. The molecule has 0 bridgehead atoms. The van der Waals surface area contributed by atoms with Crippen molar-refractivity contribution in [3.8, 4) is 11.1 Å². The van der Waals surface area contributed by atoms with Gasteiger partial charge in [0.05, 0.1) is 42.4 Å². The molecular weight excluding hydrogens is 1370 g/mol. The molecule has 106 heavy (non-hydrogen) atoms. The number of ether oxygens (including phenoxy) is 2. The largest absolute Gasteiger partial charge is 0.450 e. The lowest BCUT2D eigenvalue weighted by Gasteiger charge is -2.40. The van der Waals surface area contributed by atoms with Crippen LogP contribution in [0, 0.1) is 41.4 Å². The summed E-state index contributed by atoms with van der Waals surface area (Å²) in [7, 11) is 0. The molecule has 2 aromatic rings. The number of ketones is 1. The van der Waals surface area contributed by atoms with Crippen LogP contribution in [0.3, 0.4) is 0 Å². The van der Waals surface area contributed by atoms with Gasteiger partial charge in [-0.15, -0.1) is 0 Å². The Kier molecular flexibility index (Phi) is 23.9. The number of nitrogens with one attached hydrogen (secondary N) is 7. The molecule has 8 aliphatic rings. The van der Waals surface area contributed by atoms with Gasteiger partial charge in [0, 0.05) is 56.4 Å². The average Bonchev–Trinajstić information content (AvgIpc) is 1.55. The maximum Gasteiger partial charge on any atom is 0.329 e. The lowest BCUT2D eigenvalue weighted by atomic mass is 9.86. The summed E-state index contributed by atoms with van der Waals surface area (Å²) >= 11 is 0. The van der Waals surface area contributed by atoms with Crippen molar-refractivity contribution in [1.29, 1.82) is 0 Å². The summed E-state index contributed by atoms with van der Waals surface area (Å²) in [5.74, 6) is -15.6. The first-order valence-electron chi connectivity index (χ1n) is 37.4. The summed E-state index contributed by atoms with van der Waals surface area (Å²) in [6.45, 7) is 22.3. The van der Waals surface area contributed by atoms with Crippen LogP contribution in [-0.2, 0) is 84.6 Å². The minimum Gasteiger partial charge on any atom is -0.450 e. The van der Waals surface area contributed by atoms with Gasteiger partial charge in [-0.25, -0.2) is 15.0 Å². The highest BCUT2D eigenvalue weighted by molar-refractivity contribution is 6.01. The van der Waals surface area contributed by atoms with E-state index in [1.165, 1.54) is 18.7 Å². The number of anilines is 1. The van der Waals surface area contributed by atoms with Gasteiger partial charge in [-0.05, 0) is 115 Å². The van der Waals surface area contributed by atoms with Crippen molar-refractivity contribution >= 4 is 76.6 Å². The summed E-state index contributed by atoms with van der Waals surface area (Å²) in [6.07, 6.45) is -12.1. The lowest BCUT2D eigenvalue weighted by Crippen LogP contribution is -2.65. The van der Waals surface area contributed by atoms with E-state index in [0.717, 1.165) is 14.8 Å². The molecule has 6 fully saturated rings. The number of hydrazine groups is 1. The Hall–Kier alpha value is -8.20. The third-order valence-corrected chi connectivity index (χ3v) is 22.3. The van der Waals surface area contributed by atoms with Crippen molar-refractivity contribution in [2.24, 2.45) is 41.4 Å². The van der Waals surface area contributed by atoms with E-state index in [0.29, 0.717) is 16.7 Å². The minimum atomic E-state index is -2.19. The van der Waals surface area contributed by atoms with Gasteiger partial charge < -0.3 is 86.7 Å². The first-order chi connectivity index (χ1) is 49.7. The van der Waals surface area contributed by atoms with Crippen LogP contribution in [0.25, 0.3) is 11.1 Å². The Morgan fingerprint density at radius 3 is 1.58 bits per heavy atom. The number of aliphatic hydroxyl groups is 6. The van der Waals surface area contributed by atoms with Crippen molar-refractivity contribution in [3.05, 3.63) is 53.1 Å². The molecule has 6 saturated heterocycles. The number of rotatable bonds is 11. The van der Waals surface area contributed by atoms with E-state index in [1.807, 2.05) is 0 Å². The van der Waals surface area contributed by atoms with Gasteiger partial charge >= 0.3 is 11.9 Å². The number of aliphatic hydroxyl groups excluding tert-OH is 4. The molecule has 0 radical (unpaired) electrons. The van der Waals surface area contributed by atoms with E-state index in [-0.39, 0.29) is 80.3 Å². The maximum absolute atomic E-state index is 15.6. The molecule has 1 aliphatic carbocycles. The fourth-order valence-electron chi connectivity index (χ4n) is 16.4. The predicted molar refractivity (Wildman–Crippen MR) is 379 cm³/mol. The maximum atomic E-state index is 15.6. The summed E-state index contributed by atoms with van der Waals surface area (Å²) in [6, 6.07) is -4.76. The smallest absolute Gasteiger partial charge is 0.329 e. The molecule has 31 nitrogen and oxygen atoms in total. The van der Waals surface area contributed by atoms with E-state index < -0.39 is 234 Å². The number of cyclic esters (lactones) is 2. The zero-order chi connectivity index (χ0) is 77.9. The van der Waals surface area contributed by atoms with Crippen LogP contribution in [-0.4, -0.2) is 238 Å². The van der Waals surface area contributed by atoms with Crippen molar-refractivity contribution < 1.29 is 97.6 Å². The Morgan fingerprint density at radius 1 is 0.500 bits per heavy atom. The molecule has 0 saturated carbocycles. The van der Waals surface area contributed by atoms with E-state index in [2.05, 4.69) is 37.3 Å². The monoisotopic (exact) mass is 1480 g/mol. The highest BCUT2D eigenvalue weighted by atomic mass is 16.6. The Morgan fingerprint density at radius 2 is 1.01 bits per heavy atom.